The highest BCUT2D eigenvalue weighted by molar-refractivity contribution is 9.10. The molecule has 10 heteroatoms. The Morgan fingerprint density at radius 1 is 0.889 bits per heavy atom. The van der Waals surface area contributed by atoms with E-state index in [-0.39, 0.29) is 24.1 Å². The quantitative estimate of drug-likeness (QED) is 0.430. The van der Waals surface area contributed by atoms with E-state index in [0.717, 1.165) is 28.1 Å². The minimum absolute atomic E-state index is 0.147. The van der Waals surface area contributed by atoms with Crippen LogP contribution in [-0.4, -0.2) is 63.6 Å². The zero-order valence-electron chi connectivity index (χ0n) is 19.5. The monoisotopic (exact) mass is 571 g/mol. The zero-order chi connectivity index (χ0) is 25.1. The maximum absolute atomic E-state index is 13.5. The predicted octanol–water partition coefficient (Wildman–Crippen LogP) is 3.72. The number of benzene rings is 3. The lowest BCUT2D eigenvalue weighted by atomic mass is 10.1. The van der Waals surface area contributed by atoms with Crippen molar-refractivity contribution in [3.63, 3.8) is 0 Å². The topological polar surface area (TPSA) is 79.4 Å². The summed E-state index contributed by atoms with van der Waals surface area (Å²) in [5.74, 6) is 1.30. The van der Waals surface area contributed by atoms with Gasteiger partial charge in [0.15, 0.2) is 11.5 Å². The first kappa shape index (κ1) is 24.6. The van der Waals surface area contributed by atoms with E-state index in [1.165, 1.54) is 4.31 Å². The fourth-order valence-corrected chi connectivity index (χ4v) is 6.02. The summed E-state index contributed by atoms with van der Waals surface area (Å²) in [6.45, 7) is 3.18. The lowest BCUT2D eigenvalue weighted by Gasteiger charge is -2.36. The molecule has 8 nitrogen and oxygen atoms in total. The number of carbonyl (C=O) groups excluding carboxylic acids is 1. The first-order valence-corrected chi connectivity index (χ1v) is 13.9. The highest BCUT2D eigenvalue weighted by atomic mass is 79.9. The molecule has 1 fully saturated rings. The van der Waals surface area contributed by atoms with Gasteiger partial charge >= 0.3 is 0 Å². The Bertz CT molecular complexity index is 1330. The van der Waals surface area contributed by atoms with Crippen LogP contribution in [0.5, 0.6) is 11.5 Å². The normalized spacial score (nSPS) is 15.6. The van der Waals surface area contributed by atoms with Crippen LogP contribution in [-0.2, 0) is 21.4 Å². The summed E-state index contributed by atoms with van der Waals surface area (Å²) in [7, 11) is -3.92. The van der Waals surface area contributed by atoms with Crippen molar-refractivity contribution in [2.75, 3.05) is 43.8 Å². The van der Waals surface area contributed by atoms with Gasteiger partial charge in [-0.3, -0.25) is 14.0 Å². The second kappa shape index (κ2) is 10.5. The lowest BCUT2D eigenvalue weighted by molar-refractivity contribution is -0.131. The number of halogens is 1. The second-order valence-corrected chi connectivity index (χ2v) is 11.4. The van der Waals surface area contributed by atoms with Crippen LogP contribution in [0.4, 0.5) is 5.69 Å². The van der Waals surface area contributed by atoms with E-state index in [0.29, 0.717) is 31.9 Å². The van der Waals surface area contributed by atoms with Crippen LogP contribution >= 0.6 is 15.9 Å². The second-order valence-electron chi connectivity index (χ2n) is 8.65. The summed E-state index contributed by atoms with van der Waals surface area (Å²) >= 11 is 3.39. The lowest BCUT2D eigenvalue weighted by Crippen LogP contribution is -2.51. The highest BCUT2D eigenvalue weighted by Gasteiger charge is 2.30. The minimum Gasteiger partial charge on any atom is -0.454 e. The van der Waals surface area contributed by atoms with Crippen LogP contribution in [0.25, 0.3) is 0 Å². The largest absolute Gasteiger partial charge is 0.454 e. The fourth-order valence-electron chi connectivity index (χ4n) is 4.32. The van der Waals surface area contributed by atoms with E-state index in [2.05, 4.69) is 20.8 Å². The summed E-state index contributed by atoms with van der Waals surface area (Å²) < 4.78 is 39.8. The van der Waals surface area contributed by atoms with Gasteiger partial charge in [-0.25, -0.2) is 8.42 Å². The van der Waals surface area contributed by atoms with Crippen LogP contribution in [0, 0.1) is 0 Å². The molecule has 1 amide bonds. The van der Waals surface area contributed by atoms with Gasteiger partial charge in [0.1, 0.15) is 6.54 Å². The van der Waals surface area contributed by atoms with Gasteiger partial charge in [-0.15, -0.1) is 0 Å². The molecule has 0 bridgehead atoms. The number of hydrogen-bond acceptors (Lipinski definition) is 6. The molecular weight excluding hydrogens is 546 g/mol. The molecule has 0 spiro atoms. The third-order valence-electron chi connectivity index (χ3n) is 6.29. The summed E-state index contributed by atoms with van der Waals surface area (Å²) in [6, 6.07) is 21.0. The summed E-state index contributed by atoms with van der Waals surface area (Å²) in [4.78, 5) is 17.4. The van der Waals surface area contributed by atoms with Crippen molar-refractivity contribution in [2.45, 2.75) is 11.4 Å². The summed E-state index contributed by atoms with van der Waals surface area (Å²) in [5.41, 5.74) is 1.56. The Balaban J connectivity index is 1.26. The Kier molecular flexibility index (Phi) is 7.17. The average molecular weight is 572 g/mol. The Labute approximate surface area is 219 Å². The van der Waals surface area contributed by atoms with Crippen molar-refractivity contribution in [3.8, 4) is 11.5 Å². The minimum atomic E-state index is -3.92. The van der Waals surface area contributed by atoms with Gasteiger partial charge in [-0.2, -0.15) is 0 Å². The molecule has 2 heterocycles. The maximum atomic E-state index is 13.5. The van der Waals surface area contributed by atoms with E-state index in [9.17, 15) is 13.2 Å². The molecule has 0 radical (unpaired) electrons. The number of sulfonamides is 1. The van der Waals surface area contributed by atoms with Crippen molar-refractivity contribution in [2.24, 2.45) is 0 Å². The molecule has 36 heavy (non-hydrogen) atoms. The maximum Gasteiger partial charge on any atom is 0.264 e. The van der Waals surface area contributed by atoms with Gasteiger partial charge in [0.05, 0.1) is 10.6 Å². The number of nitrogens with zero attached hydrogens (tertiary/aromatic N) is 3. The standard InChI is InChI=1S/C26H26BrN3O5S/c27-21-7-9-22(10-8-21)30(36(32,33)23-4-2-1-3-5-23)18-26(31)29-14-12-28(13-15-29)17-20-6-11-24-25(16-20)35-19-34-24/h1-11,16H,12-15,17-19H2. The van der Waals surface area contributed by atoms with Crippen molar-refractivity contribution >= 4 is 37.5 Å². The summed E-state index contributed by atoms with van der Waals surface area (Å²) in [6.07, 6.45) is 0. The van der Waals surface area contributed by atoms with Gasteiger partial charge in [-0.05, 0) is 54.1 Å². The van der Waals surface area contributed by atoms with Crippen LogP contribution in [0.2, 0.25) is 0 Å². The summed E-state index contributed by atoms with van der Waals surface area (Å²) in [5, 5.41) is 0. The third-order valence-corrected chi connectivity index (χ3v) is 8.61. The SMILES string of the molecule is O=C(CN(c1ccc(Br)cc1)S(=O)(=O)c1ccccc1)N1CCN(Cc2ccc3c(c2)OCO3)CC1. The third kappa shape index (κ3) is 5.35. The van der Waals surface area contributed by atoms with Crippen molar-refractivity contribution in [1.82, 2.24) is 9.80 Å². The van der Waals surface area contributed by atoms with Crippen LogP contribution in [0.15, 0.2) is 82.2 Å². The molecule has 0 N–H and O–H groups in total. The van der Waals surface area contributed by atoms with Gasteiger partial charge < -0.3 is 14.4 Å². The number of hydrogen-bond donors (Lipinski definition) is 0. The van der Waals surface area contributed by atoms with Crippen LogP contribution < -0.4 is 13.8 Å². The van der Waals surface area contributed by atoms with E-state index in [1.807, 2.05) is 18.2 Å². The van der Waals surface area contributed by atoms with Gasteiger partial charge in [-0.1, -0.05) is 40.2 Å². The van der Waals surface area contributed by atoms with Crippen molar-refractivity contribution in [1.29, 1.82) is 0 Å². The molecule has 3 aromatic carbocycles. The Hall–Kier alpha value is -3.08. The molecule has 3 aromatic rings. The van der Waals surface area contributed by atoms with E-state index < -0.39 is 10.0 Å². The smallest absolute Gasteiger partial charge is 0.264 e. The molecule has 0 aromatic heterocycles. The average Bonchev–Trinajstić information content (AvgIpc) is 3.37. The van der Waals surface area contributed by atoms with Crippen LogP contribution in [0.3, 0.4) is 0 Å². The number of anilines is 1. The predicted molar refractivity (Wildman–Crippen MR) is 140 cm³/mol. The van der Waals surface area contributed by atoms with Crippen LogP contribution in [0.1, 0.15) is 5.56 Å². The number of ether oxygens (including phenoxy) is 2. The van der Waals surface area contributed by atoms with Gasteiger partial charge in [0.2, 0.25) is 12.7 Å². The number of fused-ring (bicyclic) bond motifs is 1. The molecule has 2 aliphatic heterocycles. The fraction of sp³-hybridized carbons (Fsp3) is 0.269. The van der Waals surface area contributed by atoms with Crippen molar-refractivity contribution < 1.29 is 22.7 Å². The molecule has 5 rings (SSSR count). The first-order valence-electron chi connectivity index (χ1n) is 11.6. The molecule has 0 unspecified atom stereocenters. The number of piperazine rings is 1. The van der Waals surface area contributed by atoms with E-state index in [4.69, 9.17) is 9.47 Å². The number of rotatable bonds is 7. The molecule has 0 atom stereocenters. The molecule has 188 valence electrons. The molecule has 0 saturated carbocycles. The van der Waals surface area contributed by atoms with E-state index >= 15 is 0 Å². The molecule has 1 saturated heterocycles. The van der Waals surface area contributed by atoms with E-state index in [1.54, 1.807) is 59.5 Å². The van der Waals surface area contributed by atoms with Gasteiger partial charge in [0.25, 0.3) is 10.0 Å². The Morgan fingerprint density at radius 3 is 2.31 bits per heavy atom. The highest BCUT2D eigenvalue weighted by Crippen LogP contribution is 2.33. The first-order chi connectivity index (χ1) is 17.4. The zero-order valence-corrected chi connectivity index (χ0v) is 21.9. The molecule has 0 aliphatic carbocycles. The molecular formula is C26H26BrN3O5S. The molecule has 2 aliphatic rings. The Morgan fingerprint density at radius 2 is 1.58 bits per heavy atom. The number of carbonyl (C=O) groups is 1. The van der Waals surface area contributed by atoms with Crippen molar-refractivity contribution in [3.05, 3.63) is 82.8 Å². The number of amides is 1. The van der Waals surface area contributed by atoms with Gasteiger partial charge in [0, 0.05) is 37.2 Å².